The summed E-state index contributed by atoms with van der Waals surface area (Å²) in [5, 5.41) is 0. The molecule has 3 unspecified atom stereocenters. The number of halogens is 4. The molecule has 0 aliphatic heterocycles. The number of carbonyl (C=O) groups is 1. The van der Waals surface area contributed by atoms with Gasteiger partial charge in [-0.1, -0.05) is 13.0 Å². The number of benzene rings is 1. The minimum Gasteiger partial charge on any atom is -0.375 e. The summed E-state index contributed by atoms with van der Waals surface area (Å²) < 4.78 is 65.3. The molecule has 4 rings (SSSR count). The Balaban J connectivity index is 1.67. The molecule has 0 radical (unpaired) electrons. The van der Waals surface area contributed by atoms with Crippen molar-refractivity contribution in [3.63, 3.8) is 0 Å². The average molecular weight is 481 g/mol. The van der Waals surface area contributed by atoms with Gasteiger partial charge < -0.3 is 4.18 Å². The zero-order valence-corrected chi connectivity index (χ0v) is 17.6. The van der Waals surface area contributed by atoms with Crippen LogP contribution in [0.1, 0.15) is 56.1 Å². The maximum atomic E-state index is 12.6. The van der Waals surface area contributed by atoms with Crippen molar-refractivity contribution in [3.05, 3.63) is 27.7 Å². The highest BCUT2D eigenvalue weighted by atomic mass is 79.9. The second kappa shape index (κ2) is 6.45. The Morgan fingerprint density at radius 2 is 1.89 bits per heavy atom. The third-order valence-corrected chi connectivity index (χ3v) is 8.84. The van der Waals surface area contributed by atoms with E-state index in [-0.39, 0.29) is 21.6 Å². The molecule has 9 heteroatoms. The lowest BCUT2D eigenvalue weighted by Crippen LogP contribution is -2.42. The molecule has 3 aliphatic rings. The summed E-state index contributed by atoms with van der Waals surface area (Å²) in [6.45, 7) is 2.08. The first-order chi connectivity index (χ1) is 13.0. The van der Waals surface area contributed by atoms with Crippen molar-refractivity contribution in [2.75, 3.05) is 0 Å². The second-order valence-corrected chi connectivity index (χ2v) is 10.6. The fraction of sp³-hybridized carbons (Fsp3) is 0.632. The molecule has 0 saturated heterocycles. The van der Waals surface area contributed by atoms with E-state index in [1.807, 2.05) is 0 Å². The summed E-state index contributed by atoms with van der Waals surface area (Å²) in [6, 6.07) is 2.99. The third kappa shape index (κ3) is 2.91. The van der Waals surface area contributed by atoms with E-state index < -0.39 is 15.6 Å². The summed E-state index contributed by atoms with van der Waals surface area (Å²) in [4.78, 5) is 12.4. The number of hydrogen-bond acceptors (Lipinski definition) is 4. The Morgan fingerprint density at radius 3 is 2.57 bits per heavy atom. The van der Waals surface area contributed by atoms with Crippen LogP contribution in [0, 0.1) is 17.3 Å². The van der Waals surface area contributed by atoms with Crippen LogP contribution in [-0.2, 0) is 21.3 Å². The van der Waals surface area contributed by atoms with Crippen molar-refractivity contribution in [2.24, 2.45) is 17.3 Å². The van der Waals surface area contributed by atoms with Gasteiger partial charge in [-0.2, -0.15) is 21.6 Å². The van der Waals surface area contributed by atoms with Crippen LogP contribution in [0.4, 0.5) is 13.2 Å². The van der Waals surface area contributed by atoms with Gasteiger partial charge in [0.15, 0.2) is 5.75 Å². The van der Waals surface area contributed by atoms with Crippen molar-refractivity contribution in [1.29, 1.82) is 0 Å². The number of fused-ring (bicyclic) bond motifs is 5. The normalized spacial score (nSPS) is 32.5. The Morgan fingerprint density at radius 1 is 1.18 bits per heavy atom. The van der Waals surface area contributed by atoms with Gasteiger partial charge in [0.25, 0.3) is 0 Å². The number of Topliss-reactive ketones (excluding diaryl/α,β-unsaturated/α-hetero) is 1. The largest absolute Gasteiger partial charge is 0.534 e. The van der Waals surface area contributed by atoms with Gasteiger partial charge in [-0.05, 0) is 83.0 Å². The molecular formula is C19H20BrF3O4S. The summed E-state index contributed by atoms with van der Waals surface area (Å²) in [7, 11) is -5.72. The Labute approximate surface area is 170 Å². The predicted molar refractivity (Wildman–Crippen MR) is 99.4 cm³/mol. The van der Waals surface area contributed by atoms with Crippen LogP contribution in [0.2, 0.25) is 0 Å². The van der Waals surface area contributed by atoms with Crippen LogP contribution < -0.4 is 4.18 Å². The lowest BCUT2D eigenvalue weighted by molar-refractivity contribution is -0.129. The number of hydrogen-bond donors (Lipinski definition) is 0. The van der Waals surface area contributed by atoms with Gasteiger partial charge in [0.05, 0.1) is 4.47 Å². The van der Waals surface area contributed by atoms with E-state index in [0.717, 1.165) is 36.8 Å². The molecular weight excluding hydrogens is 461 g/mol. The number of ketones is 1. The average Bonchev–Trinajstić information content (AvgIpc) is 2.91. The first-order valence-corrected chi connectivity index (χ1v) is 11.5. The highest BCUT2D eigenvalue weighted by molar-refractivity contribution is 9.10. The molecule has 0 spiro atoms. The van der Waals surface area contributed by atoms with Crippen molar-refractivity contribution in [3.8, 4) is 5.75 Å². The first kappa shape index (κ1) is 20.2. The minimum atomic E-state index is -5.72. The van der Waals surface area contributed by atoms with E-state index in [2.05, 4.69) is 27.0 Å². The fourth-order valence-corrected chi connectivity index (χ4v) is 6.82. The molecule has 154 valence electrons. The van der Waals surface area contributed by atoms with Gasteiger partial charge in [0, 0.05) is 11.8 Å². The minimum absolute atomic E-state index is 0.234. The van der Waals surface area contributed by atoms with E-state index in [1.165, 1.54) is 6.07 Å². The van der Waals surface area contributed by atoms with Crippen LogP contribution in [0.5, 0.6) is 5.75 Å². The zero-order valence-electron chi connectivity index (χ0n) is 15.2. The van der Waals surface area contributed by atoms with Crippen molar-refractivity contribution in [2.45, 2.75) is 56.9 Å². The van der Waals surface area contributed by atoms with Crippen LogP contribution in [-0.4, -0.2) is 19.7 Å². The number of alkyl halides is 3. The molecule has 0 bridgehead atoms. The Hall–Kier alpha value is -1.09. The summed E-state index contributed by atoms with van der Waals surface area (Å²) >= 11 is 3.27. The molecule has 2 saturated carbocycles. The first-order valence-electron chi connectivity index (χ1n) is 9.31. The van der Waals surface area contributed by atoms with Gasteiger partial charge in [-0.15, -0.1) is 0 Å². The molecule has 4 nitrogen and oxygen atoms in total. The van der Waals surface area contributed by atoms with E-state index in [1.54, 1.807) is 6.07 Å². The molecule has 28 heavy (non-hydrogen) atoms. The van der Waals surface area contributed by atoms with Crippen LogP contribution in [0.25, 0.3) is 0 Å². The smallest absolute Gasteiger partial charge is 0.375 e. The topological polar surface area (TPSA) is 60.4 Å². The monoisotopic (exact) mass is 480 g/mol. The van der Waals surface area contributed by atoms with Gasteiger partial charge in [0.1, 0.15) is 5.78 Å². The summed E-state index contributed by atoms with van der Waals surface area (Å²) in [6.07, 6.45) is 4.64. The van der Waals surface area contributed by atoms with Gasteiger partial charge >= 0.3 is 15.6 Å². The molecule has 1 aromatic carbocycles. The van der Waals surface area contributed by atoms with Gasteiger partial charge in [-0.25, -0.2) is 0 Å². The molecule has 4 atom stereocenters. The van der Waals surface area contributed by atoms with Crippen LogP contribution in [0.3, 0.4) is 0 Å². The Bertz CT molecular complexity index is 943. The highest BCUT2D eigenvalue weighted by Crippen LogP contribution is 2.60. The molecule has 0 N–H and O–H groups in total. The van der Waals surface area contributed by atoms with E-state index >= 15 is 0 Å². The van der Waals surface area contributed by atoms with Crippen molar-refractivity contribution >= 4 is 31.8 Å². The van der Waals surface area contributed by atoms with Crippen molar-refractivity contribution in [1.82, 2.24) is 0 Å². The lowest BCUT2D eigenvalue weighted by Gasteiger charge is -2.48. The third-order valence-electron chi connectivity index (χ3n) is 7.00. The zero-order chi connectivity index (χ0) is 20.5. The Kier molecular flexibility index (Phi) is 4.65. The maximum absolute atomic E-state index is 12.6. The van der Waals surface area contributed by atoms with Crippen LogP contribution in [0.15, 0.2) is 16.6 Å². The van der Waals surface area contributed by atoms with Gasteiger partial charge in [0.2, 0.25) is 0 Å². The fourth-order valence-electron chi connectivity index (χ4n) is 5.60. The summed E-state index contributed by atoms with van der Waals surface area (Å²) in [5.41, 5.74) is -3.89. The van der Waals surface area contributed by atoms with E-state index in [4.69, 9.17) is 0 Å². The molecule has 2 fully saturated rings. The standard InChI is InChI=1S/C19H20BrF3O4S/c1-18-9-8-11-10-4-6-15(27-28(25,26)19(21,22)23)17(20)13(10)3-2-12(11)14(18)5-7-16(18)24/h4,6,11-12,14H,2-3,5,7-9H2,1H3/t11?,12?,14?,18-/m0/s1. The van der Waals surface area contributed by atoms with E-state index in [9.17, 15) is 26.4 Å². The second-order valence-electron chi connectivity index (χ2n) is 8.26. The SMILES string of the molecule is C[C@]12CCC3c4ccc(OS(=O)(=O)C(F)(F)F)c(Br)c4CCC3C1CCC2=O. The summed E-state index contributed by atoms with van der Waals surface area (Å²) in [5.74, 6) is 0.954. The number of carbonyl (C=O) groups excluding carboxylic acids is 1. The molecule has 0 heterocycles. The van der Waals surface area contributed by atoms with Crippen molar-refractivity contribution < 1.29 is 30.6 Å². The lowest BCUT2D eigenvalue weighted by atomic mass is 9.55. The molecule has 1 aromatic rings. The predicted octanol–water partition coefficient (Wildman–Crippen LogP) is 5.10. The molecule has 0 amide bonds. The van der Waals surface area contributed by atoms with Gasteiger partial charge in [-0.3, -0.25) is 4.79 Å². The molecule has 0 aromatic heterocycles. The number of rotatable bonds is 2. The van der Waals surface area contributed by atoms with Crippen LogP contribution >= 0.6 is 15.9 Å². The van der Waals surface area contributed by atoms with E-state index in [0.29, 0.717) is 30.5 Å². The maximum Gasteiger partial charge on any atom is 0.534 e. The quantitative estimate of drug-likeness (QED) is 0.436. The molecule has 3 aliphatic carbocycles. The highest BCUT2D eigenvalue weighted by Gasteiger charge is 2.55.